The van der Waals surface area contributed by atoms with Crippen LogP contribution in [0.5, 0.6) is 0 Å². The molecule has 0 aliphatic rings. The number of H-pyrrole nitrogens is 1. The smallest absolute Gasteiger partial charge is 0.150 e. The third kappa shape index (κ3) is 14.4. The molecule has 0 saturated carbocycles. The molecule has 0 amide bonds. The Kier molecular flexibility index (Phi) is 27.3. The van der Waals surface area contributed by atoms with Crippen LogP contribution in [0.4, 0.5) is 5.82 Å². The molecule has 3 rings (SSSR count). The van der Waals surface area contributed by atoms with Gasteiger partial charge in [-0.3, -0.25) is 4.40 Å². The van der Waals surface area contributed by atoms with E-state index < -0.39 is 0 Å². The second-order valence-electron chi connectivity index (χ2n) is 7.95. The van der Waals surface area contributed by atoms with Crippen LogP contribution in [0.25, 0.3) is 23.0 Å². The molecule has 1 atom stereocenters. The Bertz CT molecular complexity index is 1140. The predicted molar refractivity (Wildman–Crippen MR) is 180 cm³/mol. The normalized spacial score (nSPS) is 10.6. The summed E-state index contributed by atoms with van der Waals surface area (Å²) in [6.45, 7) is 20.2. The number of nitrogens with zero attached hydrogens (tertiary/aromatic N) is 3. The van der Waals surface area contributed by atoms with Crippen molar-refractivity contribution in [3.63, 3.8) is 0 Å². The Labute approximate surface area is 245 Å². The van der Waals surface area contributed by atoms with Crippen molar-refractivity contribution in [2.45, 2.75) is 88.0 Å². The molecule has 0 saturated heterocycles. The highest BCUT2D eigenvalue weighted by Gasteiger charge is 2.20. The number of allylic oxidation sites excluding steroid dienone is 4. The predicted octanol–water partition coefficient (Wildman–Crippen LogP) is 8.11. The lowest BCUT2D eigenvalue weighted by Crippen LogP contribution is -2.01. The van der Waals surface area contributed by atoms with Gasteiger partial charge < -0.3 is 21.8 Å². The summed E-state index contributed by atoms with van der Waals surface area (Å²) in [6.07, 6.45) is 21.7. The summed E-state index contributed by atoms with van der Waals surface area (Å²) in [4.78, 5) is 12.6. The van der Waals surface area contributed by atoms with E-state index in [4.69, 9.17) is 16.5 Å². The van der Waals surface area contributed by atoms with Crippen LogP contribution >= 0.6 is 0 Å². The minimum absolute atomic E-state index is 0.351. The lowest BCUT2D eigenvalue weighted by molar-refractivity contribution is 0.675. The summed E-state index contributed by atoms with van der Waals surface area (Å²) in [6, 6.07) is 2.12. The van der Waals surface area contributed by atoms with Crippen LogP contribution in [0.2, 0.25) is 0 Å². The Hall–Kier alpha value is -3.76. The van der Waals surface area contributed by atoms with Crippen molar-refractivity contribution in [3.8, 4) is 23.7 Å². The summed E-state index contributed by atoms with van der Waals surface area (Å²) in [5, 5.41) is 2.75. The van der Waals surface area contributed by atoms with Crippen LogP contribution in [0.1, 0.15) is 98.2 Å². The van der Waals surface area contributed by atoms with Gasteiger partial charge in [0.05, 0.1) is 5.69 Å². The zero-order valence-corrected chi connectivity index (χ0v) is 27.3. The number of imidazole rings is 1. The highest BCUT2D eigenvalue weighted by molar-refractivity contribution is 5.84. The molecule has 3 aromatic rings. The molecule has 1 unspecified atom stereocenters. The van der Waals surface area contributed by atoms with E-state index in [0.717, 1.165) is 41.3 Å². The zero-order chi connectivity index (χ0) is 31.5. The first-order valence-corrected chi connectivity index (χ1v) is 14.3. The summed E-state index contributed by atoms with van der Waals surface area (Å²) < 4.78 is 2.07. The maximum Gasteiger partial charge on any atom is 0.150 e. The number of terminal acetylenes is 1. The van der Waals surface area contributed by atoms with Crippen LogP contribution in [0.15, 0.2) is 49.0 Å². The van der Waals surface area contributed by atoms with Gasteiger partial charge in [0, 0.05) is 24.0 Å². The monoisotopic (exact) mass is 551 g/mol. The van der Waals surface area contributed by atoms with Gasteiger partial charge in [0.2, 0.25) is 0 Å². The van der Waals surface area contributed by atoms with Gasteiger partial charge in [-0.25, -0.2) is 9.97 Å². The van der Waals surface area contributed by atoms with Gasteiger partial charge in [0.1, 0.15) is 22.9 Å². The van der Waals surface area contributed by atoms with Crippen LogP contribution in [-0.4, -0.2) is 33.4 Å². The van der Waals surface area contributed by atoms with Crippen LogP contribution in [0.3, 0.4) is 0 Å². The highest BCUT2D eigenvalue weighted by atomic mass is 15.1. The van der Waals surface area contributed by atoms with Gasteiger partial charge in [-0.05, 0) is 77.7 Å². The summed E-state index contributed by atoms with van der Waals surface area (Å²) in [7, 11) is 3.75. The fraction of sp³-hybridized carbons (Fsp3) is 0.455. The van der Waals surface area contributed by atoms with Gasteiger partial charge >= 0.3 is 0 Å². The first-order valence-electron chi connectivity index (χ1n) is 14.3. The molecule has 0 aliphatic carbocycles. The molecule has 7 heteroatoms. The minimum atomic E-state index is 0.351. The van der Waals surface area contributed by atoms with E-state index in [9.17, 15) is 0 Å². The number of aromatic nitrogens is 4. The van der Waals surface area contributed by atoms with E-state index in [1.807, 2.05) is 79.2 Å². The SMILES string of the molecule is C#CC.C/C=C\c1[nH]c(-c2nc(C(C)CC)n3ccnc(N)c23)cc1C.CC.CC.CC/C=C/C=C\N.CNC. The summed E-state index contributed by atoms with van der Waals surface area (Å²) >= 11 is 0. The average molecular weight is 552 g/mol. The Morgan fingerprint density at radius 3 is 2.23 bits per heavy atom. The van der Waals surface area contributed by atoms with Crippen LogP contribution < -0.4 is 16.8 Å². The number of fused-ring (bicyclic) bond motifs is 1. The molecule has 3 aromatic heterocycles. The Morgan fingerprint density at radius 2 is 1.75 bits per heavy atom. The van der Waals surface area contributed by atoms with Crippen molar-refractivity contribution >= 4 is 17.4 Å². The number of hydrogen-bond acceptors (Lipinski definition) is 5. The molecule has 0 spiro atoms. The summed E-state index contributed by atoms with van der Waals surface area (Å²) in [5.74, 6) is 4.12. The standard InChI is InChI=1S/C18H23N5.C6H11N.C3H4.C2H7N.2C2H6/c1-5-7-13-12(4)10-14(21-13)15-16-17(19)20-8-9-23(16)18(22-15)11(3)6-2;1-2-3-4-5-6-7;2*1-3-2;2*1-2/h5,7-11,21H,6H2,1-4H3,(H2,19,20);3-6H,2,7H2,1H3;1H,2H3;3H,1-2H3;2*1-2H3/b7-5-;4-3+,6-5-;;;;. The second-order valence-corrected chi connectivity index (χ2v) is 7.95. The number of nitrogens with one attached hydrogen (secondary N) is 2. The fourth-order valence-electron chi connectivity index (χ4n) is 3.13. The molecule has 0 fully saturated rings. The Morgan fingerprint density at radius 1 is 1.18 bits per heavy atom. The fourth-order valence-corrected chi connectivity index (χ4v) is 3.13. The van der Waals surface area contributed by atoms with Crippen molar-refractivity contribution in [3.05, 3.63) is 66.0 Å². The zero-order valence-electron chi connectivity index (χ0n) is 27.3. The average Bonchev–Trinajstić information content (AvgIpc) is 3.54. The largest absolute Gasteiger partial charge is 0.405 e. The molecule has 0 aromatic carbocycles. The lowest BCUT2D eigenvalue weighted by Gasteiger charge is -2.07. The highest BCUT2D eigenvalue weighted by Crippen LogP contribution is 2.32. The number of anilines is 1. The molecule has 224 valence electrons. The van der Waals surface area contributed by atoms with Gasteiger partial charge in [-0.15, -0.1) is 12.3 Å². The van der Waals surface area contributed by atoms with Crippen molar-refractivity contribution < 1.29 is 0 Å². The number of hydrogen-bond donors (Lipinski definition) is 4. The number of nitrogens with two attached hydrogens (primary N) is 2. The molecule has 0 bridgehead atoms. The number of aryl methyl sites for hydroxylation is 1. The van der Waals surface area contributed by atoms with E-state index in [0.29, 0.717) is 11.7 Å². The van der Waals surface area contributed by atoms with Crippen molar-refractivity contribution in [1.82, 2.24) is 24.7 Å². The van der Waals surface area contributed by atoms with Crippen molar-refractivity contribution in [2.24, 2.45) is 5.73 Å². The van der Waals surface area contributed by atoms with E-state index >= 15 is 0 Å². The van der Waals surface area contributed by atoms with Gasteiger partial charge in [-0.1, -0.05) is 66.7 Å². The lowest BCUT2D eigenvalue weighted by atomic mass is 10.1. The number of rotatable bonds is 6. The second kappa shape index (κ2) is 26.8. The van der Waals surface area contributed by atoms with Crippen LogP contribution in [0, 0.1) is 19.3 Å². The van der Waals surface area contributed by atoms with Crippen LogP contribution in [-0.2, 0) is 0 Å². The maximum atomic E-state index is 6.15. The molecule has 0 radical (unpaired) electrons. The van der Waals surface area contributed by atoms with E-state index in [2.05, 4.69) is 71.9 Å². The van der Waals surface area contributed by atoms with Gasteiger partial charge in [0.25, 0.3) is 0 Å². The van der Waals surface area contributed by atoms with Crippen molar-refractivity contribution in [1.29, 1.82) is 0 Å². The molecular weight excluding hydrogens is 494 g/mol. The number of aromatic amines is 1. The molecule has 3 heterocycles. The van der Waals surface area contributed by atoms with E-state index in [-0.39, 0.29) is 0 Å². The number of nitrogen functional groups attached to an aromatic ring is 1. The molecule has 40 heavy (non-hydrogen) atoms. The van der Waals surface area contributed by atoms with Gasteiger partial charge in [0.15, 0.2) is 0 Å². The molecule has 7 nitrogen and oxygen atoms in total. The van der Waals surface area contributed by atoms with Gasteiger partial charge in [-0.2, -0.15) is 0 Å². The topological polar surface area (TPSA) is 110 Å². The molecular formula is C33H57N7. The molecule has 0 aliphatic heterocycles. The van der Waals surface area contributed by atoms with Crippen molar-refractivity contribution in [2.75, 3.05) is 19.8 Å². The quantitative estimate of drug-likeness (QED) is 0.183. The third-order valence-corrected chi connectivity index (χ3v) is 4.90. The maximum absolute atomic E-state index is 6.15. The summed E-state index contributed by atoms with van der Waals surface area (Å²) in [5.41, 5.74) is 16.2. The molecule has 6 N–H and O–H groups in total. The van der Waals surface area contributed by atoms with E-state index in [1.54, 1.807) is 13.1 Å². The Balaban J connectivity index is -0.000000671. The first kappa shape index (κ1) is 40.7. The first-order chi connectivity index (χ1) is 19.3. The third-order valence-electron chi connectivity index (χ3n) is 4.90. The van der Waals surface area contributed by atoms with E-state index in [1.165, 1.54) is 11.8 Å². The minimum Gasteiger partial charge on any atom is -0.405 e.